The Labute approximate surface area is 233 Å². The molecule has 0 spiro atoms. The molecule has 0 amide bonds. The number of pyridine rings is 1. The first-order chi connectivity index (χ1) is 18.8. The highest BCUT2D eigenvalue weighted by Gasteiger charge is 2.37. The number of halogens is 9. The highest BCUT2D eigenvalue weighted by molar-refractivity contribution is 6.30. The molecule has 2 N–H and O–H groups in total. The topological polar surface area (TPSA) is 54.4 Å². The number of aliphatic hydroxyl groups excluding tert-OH is 1. The smallest absolute Gasteiger partial charge is 0.415 e. The van der Waals surface area contributed by atoms with Crippen LogP contribution in [0.4, 0.5) is 35.1 Å². The fourth-order valence-corrected chi connectivity index (χ4v) is 3.24. The Hall–Kier alpha value is -2.96. The zero-order valence-corrected chi connectivity index (χ0v) is 22.7. The highest BCUT2D eigenvalue weighted by atomic mass is 35.5. The van der Waals surface area contributed by atoms with E-state index in [-0.39, 0.29) is 5.75 Å². The Morgan fingerprint density at radius 1 is 1.18 bits per heavy atom. The molecule has 0 bridgehead atoms. The van der Waals surface area contributed by atoms with E-state index in [4.69, 9.17) is 16.7 Å². The van der Waals surface area contributed by atoms with E-state index < -0.39 is 43.3 Å². The number of hydrogen-bond donors (Lipinski definition) is 2. The molecule has 1 unspecified atom stereocenters. The first-order valence-corrected chi connectivity index (χ1v) is 11.9. The Balaban J connectivity index is 0.00000117. The molecule has 0 fully saturated rings. The monoisotopic (exact) mass is 602 g/mol. The molecule has 1 aromatic carbocycles. The molecular weight excluding hydrogens is 572 g/mol. The number of alkyl halides is 7. The molecule has 0 aliphatic rings. The average molecular weight is 603 g/mol. The summed E-state index contributed by atoms with van der Waals surface area (Å²) in [7, 11) is 1.84. The minimum atomic E-state index is -4.50. The van der Waals surface area contributed by atoms with Crippen LogP contribution in [-0.2, 0) is 0 Å². The van der Waals surface area contributed by atoms with E-state index in [1.54, 1.807) is 24.3 Å². The summed E-state index contributed by atoms with van der Waals surface area (Å²) in [4.78, 5) is 4.31. The lowest BCUT2D eigenvalue weighted by Gasteiger charge is -2.20. The number of allylic oxidation sites excluding steroid dienone is 5. The zero-order chi connectivity index (χ0) is 30.9. The van der Waals surface area contributed by atoms with Crippen LogP contribution in [0, 0.1) is 5.82 Å². The number of nitrogens with one attached hydrogen (secondary N) is 1. The van der Waals surface area contributed by atoms with Crippen LogP contribution >= 0.6 is 11.6 Å². The summed E-state index contributed by atoms with van der Waals surface area (Å²) in [5.74, 6) is -1.53. The van der Waals surface area contributed by atoms with Gasteiger partial charge in [0.2, 0.25) is 0 Å². The lowest BCUT2D eigenvalue weighted by molar-refractivity contribution is -0.201. The van der Waals surface area contributed by atoms with Crippen molar-refractivity contribution in [2.45, 2.75) is 44.3 Å². The van der Waals surface area contributed by atoms with E-state index in [1.807, 2.05) is 19.1 Å². The van der Waals surface area contributed by atoms with E-state index in [0.29, 0.717) is 29.9 Å². The van der Waals surface area contributed by atoms with Gasteiger partial charge in [0.25, 0.3) is 6.36 Å². The van der Waals surface area contributed by atoms with Crippen LogP contribution < -0.4 is 10.1 Å². The second kappa shape index (κ2) is 19.2. The molecule has 0 radical (unpaired) electrons. The predicted octanol–water partition coefficient (Wildman–Crippen LogP) is 7.74. The van der Waals surface area contributed by atoms with E-state index in [2.05, 4.69) is 21.6 Å². The van der Waals surface area contributed by atoms with Crippen molar-refractivity contribution in [3.8, 4) is 5.75 Å². The van der Waals surface area contributed by atoms with Crippen molar-refractivity contribution in [1.82, 2.24) is 10.3 Å². The number of ether oxygens (including phenoxy) is 1. The molecule has 0 saturated heterocycles. The largest absolute Gasteiger partial charge is 0.454 e. The summed E-state index contributed by atoms with van der Waals surface area (Å²) in [5, 5.41) is 10.8. The van der Waals surface area contributed by atoms with Gasteiger partial charge in [0, 0.05) is 30.4 Å². The van der Waals surface area contributed by atoms with Gasteiger partial charge in [-0.05, 0) is 55.8 Å². The number of aromatic nitrogens is 1. The van der Waals surface area contributed by atoms with E-state index in [0.717, 1.165) is 11.6 Å². The Bertz CT molecular complexity index is 1060. The minimum absolute atomic E-state index is 0.327. The Morgan fingerprint density at radius 3 is 2.27 bits per heavy atom. The highest BCUT2D eigenvalue weighted by Crippen LogP contribution is 2.34. The van der Waals surface area contributed by atoms with Crippen molar-refractivity contribution in [1.29, 1.82) is 0 Å². The third-order valence-electron chi connectivity index (χ3n) is 4.78. The molecule has 40 heavy (non-hydrogen) atoms. The molecule has 13 heteroatoms. The molecule has 224 valence electrons. The summed E-state index contributed by atoms with van der Waals surface area (Å²) in [6.45, 7) is 5.09. The van der Waals surface area contributed by atoms with Crippen molar-refractivity contribution >= 4 is 11.6 Å². The maximum Gasteiger partial charge on any atom is 0.415 e. The Morgan fingerprint density at radius 2 is 1.82 bits per heavy atom. The molecule has 3 atom stereocenters. The van der Waals surface area contributed by atoms with Crippen LogP contribution in [0.25, 0.3) is 0 Å². The number of rotatable bonds is 11. The summed E-state index contributed by atoms with van der Waals surface area (Å²) < 4.78 is 101. The van der Waals surface area contributed by atoms with Crippen LogP contribution in [0.2, 0.25) is 5.02 Å². The average Bonchev–Trinajstić information content (AvgIpc) is 2.89. The minimum Gasteiger partial charge on any atom is -0.454 e. The van der Waals surface area contributed by atoms with Crippen molar-refractivity contribution in [3.63, 3.8) is 0 Å². The molecule has 2 aromatic rings. The molecule has 0 aliphatic heterocycles. The van der Waals surface area contributed by atoms with Crippen molar-refractivity contribution < 1.29 is 45.0 Å². The number of hydrogen-bond acceptors (Lipinski definition) is 4. The first kappa shape index (κ1) is 37.0. The molecule has 0 saturated carbocycles. The van der Waals surface area contributed by atoms with Gasteiger partial charge < -0.3 is 15.2 Å². The normalized spacial score (nSPS) is 14.0. The van der Waals surface area contributed by atoms with Crippen molar-refractivity contribution in [2.75, 3.05) is 20.8 Å². The van der Waals surface area contributed by atoms with Crippen molar-refractivity contribution in [2.24, 2.45) is 0 Å². The van der Waals surface area contributed by atoms with Gasteiger partial charge in [0.15, 0.2) is 6.10 Å². The molecule has 1 aromatic heterocycles. The molecular formula is C27H31ClF8N2O2. The molecule has 4 nitrogen and oxygen atoms in total. The molecule has 2 rings (SSSR count). The van der Waals surface area contributed by atoms with Gasteiger partial charge in [-0.2, -0.15) is 17.6 Å². The quantitative estimate of drug-likeness (QED) is 0.204. The van der Waals surface area contributed by atoms with E-state index in [1.165, 1.54) is 25.4 Å². The number of likely N-dealkylation sites (N-methyl/N-ethyl adjacent to an activating group) is 1. The van der Waals surface area contributed by atoms with Crippen LogP contribution in [-0.4, -0.2) is 55.9 Å². The maximum absolute atomic E-state index is 14.2. The van der Waals surface area contributed by atoms with Gasteiger partial charge in [0.05, 0.1) is 12.2 Å². The Kier molecular flexibility index (Phi) is 17.8. The predicted molar refractivity (Wildman–Crippen MR) is 140 cm³/mol. The van der Waals surface area contributed by atoms with Gasteiger partial charge >= 0.3 is 12.6 Å². The number of benzene rings is 1. The second-order valence-corrected chi connectivity index (χ2v) is 8.21. The molecule has 0 aliphatic carbocycles. The summed E-state index contributed by atoms with van der Waals surface area (Å²) in [6, 6.07) is 6.77. The summed E-state index contributed by atoms with van der Waals surface area (Å²) >= 11 is 5.91. The summed E-state index contributed by atoms with van der Waals surface area (Å²) in [5.41, 5.74) is 1.86. The SMILES string of the molecule is C=C/C=C(\C=C/C)C[C@@H](c1cc(F)cc(OC(F)C(F)F)c1)c1ccc(Cl)cn1.CF.CNC[C@@H](O)C(F)(F)F. The van der Waals surface area contributed by atoms with Crippen LogP contribution in [0.15, 0.2) is 73.0 Å². The standard InChI is InChI=1S/C22H20ClF4NO.C4H8F3NO.CH3F/c1-3-5-14(6-4-2)9-19(20-8-7-16(23)13-28-20)15-10-17(24)12-18(11-15)29-22(27)21(25)26;1-8-2-3(9)4(5,6)7;1-2/h3-8,10-13,19,21-22H,1,9H2,2H3;3,8-9H,2H2,1H3;1H3/b6-4-,14-5+;;/t19-,22?;3-;/m01./s1. The van der Waals surface area contributed by atoms with Gasteiger partial charge in [-0.3, -0.25) is 9.37 Å². The number of aliphatic hydroxyl groups is 1. The van der Waals surface area contributed by atoms with E-state index in [9.17, 15) is 35.1 Å². The fraction of sp³-hybridized carbons (Fsp3) is 0.370. The zero-order valence-electron chi connectivity index (χ0n) is 21.9. The lowest BCUT2D eigenvalue weighted by atomic mass is 9.88. The third-order valence-corrected chi connectivity index (χ3v) is 5.00. The van der Waals surface area contributed by atoms with Gasteiger partial charge in [-0.15, -0.1) is 0 Å². The third kappa shape index (κ3) is 13.9. The maximum atomic E-state index is 14.2. The van der Waals surface area contributed by atoms with Gasteiger partial charge in [-0.1, -0.05) is 42.5 Å². The van der Waals surface area contributed by atoms with Gasteiger partial charge in [0.1, 0.15) is 11.6 Å². The fourth-order valence-electron chi connectivity index (χ4n) is 3.12. The van der Waals surface area contributed by atoms with Crippen molar-refractivity contribution in [3.05, 3.63) is 95.1 Å². The van der Waals surface area contributed by atoms with Crippen LogP contribution in [0.5, 0.6) is 5.75 Å². The van der Waals surface area contributed by atoms with Gasteiger partial charge in [-0.25, -0.2) is 13.2 Å². The lowest BCUT2D eigenvalue weighted by Crippen LogP contribution is -2.36. The van der Waals surface area contributed by atoms with Crippen LogP contribution in [0.3, 0.4) is 0 Å². The first-order valence-electron chi connectivity index (χ1n) is 11.5. The summed E-state index contributed by atoms with van der Waals surface area (Å²) in [6.07, 6.45) is -3.93. The van der Waals surface area contributed by atoms with Crippen LogP contribution in [0.1, 0.15) is 30.5 Å². The van der Waals surface area contributed by atoms with E-state index >= 15 is 0 Å². The second-order valence-electron chi connectivity index (χ2n) is 7.77. The number of nitrogens with zero attached hydrogens (tertiary/aromatic N) is 1. The molecule has 1 heterocycles.